The zero-order chi connectivity index (χ0) is 12.1. The predicted molar refractivity (Wildman–Crippen MR) is 67.0 cm³/mol. The number of carbonyl (C=O) groups is 1. The second-order valence-electron chi connectivity index (χ2n) is 3.85. The highest BCUT2D eigenvalue weighted by atomic mass is 79.9. The summed E-state index contributed by atoms with van der Waals surface area (Å²) in [7, 11) is 0. The van der Waals surface area contributed by atoms with E-state index in [1.54, 1.807) is 0 Å². The summed E-state index contributed by atoms with van der Waals surface area (Å²) in [5, 5.41) is 2.86. The molecule has 1 saturated heterocycles. The molecule has 1 aromatic carbocycles. The van der Waals surface area contributed by atoms with Crippen LogP contribution in [-0.4, -0.2) is 31.8 Å². The van der Waals surface area contributed by atoms with E-state index in [0.29, 0.717) is 26.2 Å². The number of amides is 1. The van der Waals surface area contributed by atoms with Crippen LogP contribution in [0.25, 0.3) is 0 Å². The van der Waals surface area contributed by atoms with E-state index in [1.165, 1.54) is 0 Å². The van der Waals surface area contributed by atoms with Gasteiger partial charge < -0.3 is 14.8 Å². The molecule has 1 N–H and O–H groups in total. The zero-order valence-electron chi connectivity index (χ0n) is 9.32. The molecule has 1 aliphatic rings. The fourth-order valence-corrected chi connectivity index (χ4v) is 1.68. The van der Waals surface area contributed by atoms with Gasteiger partial charge in [0, 0.05) is 4.47 Å². The average Bonchev–Trinajstić information content (AvgIpc) is 2.26. The quantitative estimate of drug-likeness (QED) is 0.901. The first-order valence-electron chi connectivity index (χ1n) is 5.49. The summed E-state index contributed by atoms with van der Waals surface area (Å²) in [6, 6.07) is 7.72. The Kier molecular flexibility index (Phi) is 4.39. The Labute approximate surface area is 108 Å². The van der Waals surface area contributed by atoms with Crippen LogP contribution >= 0.6 is 15.9 Å². The summed E-state index contributed by atoms with van der Waals surface area (Å²) >= 11 is 3.35. The van der Waals surface area contributed by atoms with Crippen molar-refractivity contribution in [2.24, 2.45) is 0 Å². The molecule has 17 heavy (non-hydrogen) atoms. The number of ether oxygens (including phenoxy) is 2. The van der Waals surface area contributed by atoms with Crippen LogP contribution < -0.4 is 10.1 Å². The molecule has 1 fully saturated rings. The Bertz CT molecular complexity index is 376. The van der Waals surface area contributed by atoms with Crippen LogP contribution in [0.3, 0.4) is 0 Å². The van der Waals surface area contributed by atoms with E-state index in [9.17, 15) is 4.79 Å². The molecule has 2 rings (SSSR count). The van der Waals surface area contributed by atoms with Crippen LogP contribution in [0.4, 0.5) is 0 Å². The number of hydrogen-bond acceptors (Lipinski definition) is 3. The first-order chi connectivity index (χ1) is 8.24. The molecule has 0 aliphatic carbocycles. The minimum Gasteiger partial charge on any atom is -0.493 e. The maximum atomic E-state index is 11.4. The Morgan fingerprint density at radius 3 is 2.71 bits per heavy atom. The third-order valence-corrected chi connectivity index (χ3v) is 2.94. The molecule has 1 heterocycles. The fourth-order valence-electron chi connectivity index (χ4n) is 1.41. The molecule has 0 bridgehead atoms. The summed E-state index contributed by atoms with van der Waals surface area (Å²) in [4.78, 5) is 11.4. The van der Waals surface area contributed by atoms with Crippen molar-refractivity contribution in [3.05, 3.63) is 28.7 Å². The van der Waals surface area contributed by atoms with Crippen molar-refractivity contribution in [3.8, 4) is 5.75 Å². The van der Waals surface area contributed by atoms with Gasteiger partial charge in [-0.25, -0.2) is 0 Å². The molecule has 4 nitrogen and oxygen atoms in total. The highest BCUT2D eigenvalue weighted by Crippen LogP contribution is 2.16. The highest BCUT2D eigenvalue weighted by molar-refractivity contribution is 9.10. The van der Waals surface area contributed by atoms with E-state index in [2.05, 4.69) is 21.2 Å². The standard InChI is InChI=1S/C12H14BrNO3/c13-9-1-3-11(4-2-9)17-6-5-12(15)14-10-7-16-8-10/h1-4,10H,5-8H2,(H,14,15). The number of benzene rings is 1. The Morgan fingerprint density at radius 1 is 1.41 bits per heavy atom. The lowest BCUT2D eigenvalue weighted by molar-refractivity contribution is -0.125. The fraction of sp³-hybridized carbons (Fsp3) is 0.417. The molecule has 0 aromatic heterocycles. The molecule has 1 aliphatic heterocycles. The largest absolute Gasteiger partial charge is 0.493 e. The minimum atomic E-state index is 0.00964. The molecular weight excluding hydrogens is 286 g/mol. The smallest absolute Gasteiger partial charge is 0.223 e. The van der Waals surface area contributed by atoms with Crippen LogP contribution in [0.15, 0.2) is 28.7 Å². The van der Waals surface area contributed by atoms with Crippen molar-refractivity contribution in [1.29, 1.82) is 0 Å². The van der Waals surface area contributed by atoms with E-state index in [1.807, 2.05) is 24.3 Å². The van der Waals surface area contributed by atoms with Crippen molar-refractivity contribution in [2.75, 3.05) is 19.8 Å². The highest BCUT2D eigenvalue weighted by Gasteiger charge is 2.19. The molecule has 0 atom stereocenters. The van der Waals surface area contributed by atoms with E-state index >= 15 is 0 Å². The van der Waals surface area contributed by atoms with Gasteiger partial charge in [0.05, 0.1) is 32.3 Å². The molecule has 1 aromatic rings. The molecule has 0 saturated carbocycles. The first-order valence-corrected chi connectivity index (χ1v) is 6.29. The Morgan fingerprint density at radius 2 is 2.12 bits per heavy atom. The van der Waals surface area contributed by atoms with Crippen LogP contribution in [0.5, 0.6) is 5.75 Å². The SMILES string of the molecule is O=C(CCOc1ccc(Br)cc1)NC1COC1. The van der Waals surface area contributed by atoms with Crippen LogP contribution in [0, 0.1) is 0 Å². The second-order valence-corrected chi connectivity index (χ2v) is 4.77. The van der Waals surface area contributed by atoms with Gasteiger partial charge in [-0.1, -0.05) is 15.9 Å². The molecule has 0 unspecified atom stereocenters. The number of hydrogen-bond donors (Lipinski definition) is 1. The molecule has 5 heteroatoms. The summed E-state index contributed by atoms with van der Waals surface area (Å²) < 4.78 is 11.4. The van der Waals surface area contributed by atoms with Gasteiger partial charge in [0.25, 0.3) is 0 Å². The summed E-state index contributed by atoms with van der Waals surface area (Å²) in [5.41, 5.74) is 0. The molecule has 1 amide bonds. The van der Waals surface area contributed by atoms with Gasteiger partial charge in [0.15, 0.2) is 0 Å². The van der Waals surface area contributed by atoms with Gasteiger partial charge >= 0.3 is 0 Å². The summed E-state index contributed by atoms with van der Waals surface area (Å²) in [6.45, 7) is 1.64. The molecule has 0 radical (unpaired) electrons. The van der Waals surface area contributed by atoms with E-state index in [0.717, 1.165) is 10.2 Å². The van der Waals surface area contributed by atoms with E-state index in [-0.39, 0.29) is 11.9 Å². The average molecular weight is 300 g/mol. The van der Waals surface area contributed by atoms with Crippen LogP contribution in [-0.2, 0) is 9.53 Å². The number of rotatable bonds is 5. The number of halogens is 1. The molecular formula is C12H14BrNO3. The van der Waals surface area contributed by atoms with Crippen molar-refractivity contribution in [3.63, 3.8) is 0 Å². The second kappa shape index (κ2) is 6.02. The maximum absolute atomic E-state index is 11.4. The van der Waals surface area contributed by atoms with Gasteiger partial charge in [0.1, 0.15) is 5.75 Å². The van der Waals surface area contributed by atoms with Crippen LogP contribution in [0.1, 0.15) is 6.42 Å². The Balaban J connectivity index is 1.64. The predicted octanol–water partition coefficient (Wildman–Crippen LogP) is 1.73. The molecule has 92 valence electrons. The first kappa shape index (κ1) is 12.4. The third-order valence-electron chi connectivity index (χ3n) is 2.41. The van der Waals surface area contributed by atoms with Gasteiger partial charge in [-0.15, -0.1) is 0 Å². The lowest BCUT2D eigenvalue weighted by Crippen LogP contribution is -2.48. The van der Waals surface area contributed by atoms with Crippen molar-refractivity contribution in [1.82, 2.24) is 5.32 Å². The van der Waals surface area contributed by atoms with Crippen molar-refractivity contribution in [2.45, 2.75) is 12.5 Å². The van der Waals surface area contributed by atoms with Gasteiger partial charge in [-0.05, 0) is 24.3 Å². The van der Waals surface area contributed by atoms with Crippen molar-refractivity contribution < 1.29 is 14.3 Å². The topological polar surface area (TPSA) is 47.6 Å². The van der Waals surface area contributed by atoms with E-state index < -0.39 is 0 Å². The van der Waals surface area contributed by atoms with E-state index in [4.69, 9.17) is 9.47 Å². The molecule has 0 spiro atoms. The van der Waals surface area contributed by atoms with Gasteiger partial charge in [0.2, 0.25) is 5.91 Å². The normalized spacial score (nSPS) is 15.1. The summed E-state index contributed by atoms with van der Waals surface area (Å²) in [5.74, 6) is 0.781. The van der Waals surface area contributed by atoms with Gasteiger partial charge in [-0.2, -0.15) is 0 Å². The maximum Gasteiger partial charge on any atom is 0.223 e. The number of carbonyl (C=O) groups excluding carboxylic acids is 1. The number of nitrogens with one attached hydrogen (secondary N) is 1. The third kappa shape index (κ3) is 4.02. The lowest BCUT2D eigenvalue weighted by Gasteiger charge is -2.26. The van der Waals surface area contributed by atoms with Gasteiger partial charge in [-0.3, -0.25) is 4.79 Å². The monoisotopic (exact) mass is 299 g/mol. The zero-order valence-corrected chi connectivity index (χ0v) is 10.9. The Hall–Kier alpha value is -1.07. The minimum absolute atomic E-state index is 0.00964. The summed E-state index contributed by atoms with van der Waals surface area (Å²) in [6.07, 6.45) is 0.368. The van der Waals surface area contributed by atoms with Crippen molar-refractivity contribution >= 4 is 21.8 Å². The lowest BCUT2D eigenvalue weighted by atomic mass is 10.2. The van der Waals surface area contributed by atoms with Crippen LogP contribution in [0.2, 0.25) is 0 Å².